The van der Waals surface area contributed by atoms with Gasteiger partial charge >= 0.3 is 0 Å². The lowest BCUT2D eigenvalue weighted by Crippen LogP contribution is -2.32. The second-order valence-electron chi connectivity index (χ2n) is 9.81. The molecule has 0 amide bonds. The summed E-state index contributed by atoms with van der Waals surface area (Å²) >= 11 is 2.33. The Kier molecular flexibility index (Phi) is 6.92. The van der Waals surface area contributed by atoms with E-state index in [1.54, 1.807) is 0 Å². The van der Waals surface area contributed by atoms with Crippen LogP contribution in [0.5, 0.6) is 5.75 Å². The Hall–Kier alpha value is -2.70. The number of hydrogen-bond donors (Lipinski definition) is 0. The number of aromatic nitrogens is 3. The van der Waals surface area contributed by atoms with Crippen LogP contribution in [0.4, 0.5) is 5.69 Å². The topological polar surface area (TPSA) is 52.3 Å². The van der Waals surface area contributed by atoms with Gasteiger partial charge in [-0.05, 0) is 71.5 Å². The molecule has 1 unspecified atom stereocenters. The zero-order valence-electron chi connectivity index (χ0n) is 21.0. The van der Waals surface area contributed by atoms with Gasteiger partial charge < -0.3 is 4.52 Å². The number of aryl methyl sites for hydroxylation is 1. The van der Waals surface area contributed by atoms with Gasteiger partial charge in [-0.3, -0.25) is 9.67 Å². The van der Waals surface area contributed by atoms with Crippen LogP contribution in [-0.4, -0.2) is 19.9 Å². The number of nitrogens with zero attached hydrogens (tertiary/aromatic N) is 4. The molecule has 0 bridgehead atoms. The molecule has 5 nitrogen and oxygen atoms in total. The van der Waals surface area contributed by atoms with Crippen molar-refractivity contribution in [2.45, 2.75) is 45.8 Å². The van der Waals surface area contributed by atoms with Gasteiger partial charge in [-0.15, -0.1) is 0 Å². The maximum atomic E-state index is 7.27. The quantitative estimate of drug-likeness (QED) is 0.143. The zero-order chi connectivity index (χ0) is 25.3. The van der Waals surface area contributed by atoms with Crippen molar-refractivity contribution < 1.29 is 4.52 Å². The molecule has 0 aliphatic heterocycles. The van der Waals surface area contributed by atoms with Gasteiger partial charge in [0.05, 0.1) is 11.2 Å². The molecule has 0 saturated heterocycles. The molecule has 5 aromatic rings. The Balaban J connectivity index is 1.90. The van der Waals surface area contributed by atoms with Crippen LogP contribution in [-0.2, 0) is 6.54 Å². The Morgan fingerprint density at radius 1 is 0.944 bits per heavy atom. The first kappa shape index (κ1) is 25.0. The number of hydrogen-bond acceptors (Lipinski definition) is 4. The summed E-state index contributed by atoms with van der Waals surface area (Å²) in [5, 5.41) is 6.84. The van der Waals surface area contributed by atoms with Gasteiger partial charge in [0.1, 0.15) is 11.0 Å². The SMILES string of the molecule is CCCn1nc2ccccc2c1P(=Nc1ccc(I)cc1)(Oc1cccc2cccnc12)C(C)(C)C. The van der Waals surface area contributed by atoms with E-state index in [4.69, 9.17) is 19.4 Å². The van der Waals surface area contributed by atoms with Gasteiger partial charge in [-0.25, -0.2) is 4.74 Å². The van der Waals surface area contributed by atoms with E-state index in [1.165, 1.54) is 3.57 Å². The number of para-hydroxylation sites is 1. The van der Waals surface area contributed by atoms with Crippen LogP contribution in [0.3, 0.4) is 0 Å². The van der Waals surface area contributed by atoms with Gasteiger partial charge in [0.15, 0.2) is 13.0 Å². The molecule has 7 heteroatoms. The first-order chi connectivity index (χ1) is 17.3. The minimum absolute atomic E-state index is 0.332. The van der Waals surface area contributed by atoms with Gasteiger partial charge in [0.25, 0.3) is 0 Å². The summed E-state index contributed by atoms with van der Waals surface area (Å²) in [5.74, 6) is 0.749. The highest BCUT2D eigenvalue weighted by atomic mass is 127. The Bertz CT molecular complexity index is 1580. The lowest BCUT2D eigenvalue weighted by atomic mass is 10.2. The third-order valence-corrected chi connectivity index (χ3v) is 10.7. The summed E-state index contributed by atoms with van der Waals surface area (Å²) in [7, 11) is -2.78. The summed E-state index contributed by atoms with van der Waals surface area (Å²) in [6.07, 6.45) is 2.78. The third kappa shape index (κ3) is 4.57. The summed E-state index contributed by atoms with van der Waals surface area (Å²) in [4.78, 5) is 4.70. The molecule has 0 spiro atoms. The molecule has 0 fully saturated rings. The summed E-state index contributed by atoms with van der Waals surface area (Å²) in [6.45, 7) is 9.66. The molecule has 0 N–H and O–H groups in total. The Morgan fingerprint density at radius 3 is 2.44 bits per heavy atom. The minimum atomic E-state index is -2.78. The smallest absolute Gasteiger partial charge is 0.191 e. The standard InChI is InChI=1S/C29H30IN4OP/c1-5-20-34-28(24-12-6-7-13-25(24)32-34)36(29(2,3)4,33-23-17-15-22(30)16-18-23)35-26-14-8-10-21-11-9-19-31-27(21)26/h6-19H,5,20H2,1-4H3. The molecule has 2 aromatic heterocycles. The summed E-state index contributed by atoms with van der Waals surface area (Å²) in [6, 6.07) is 26.8. The molecule has 0 radical (unpaired) electrons. The average Bonchev–Trinajstić information content (AvgIpc) is 3.23. The van der Waals surface area contributed by atoms with Gasteiger partial charge in [0, 0.05) is 32.2 Å². The third-order valence-electron chi connectivity index (χ3n) is 6.16. The van der Waals surface area contributed by atoms with Crippen molar-refractivity contribution in [2.75, 3.05) is 0 Å². The van der Waals surface area contributed by atoms with Crippen LogP contribution in [0.1, 0.15) is 34.1 Å². The zero-order valence-corrected chi connectivity index (χ0v) is 24.1. The molecule has 36 heavy (non-hydrogen) atoms. The van der Waals surface area contributed by atoms with Crippen molar-refractivity contribution in [3.05, 3.63) is 88.6 Å². The maximum absolute atomic E-state index is 7.27. The fraction of sp³-hybridized carbons (Fsp3) is 0.241. The van der Waals surface area contributed by atoms with E-state index < -0.39 is 7.28 Å². The molecule has 3 aromatic carbocycles. The molecule has 0 saturated carbocycles. The van der Waals surface area contributed by atoms with Crippen LogP contribution in [0, 0.1) is 3.57 Å². The van der Waals surface area contributed by atoms with E-state index in [0.29, 0.717) is 0 Å². The van der Waals surface area contributed by atoms with Crippen LogP contribution < -0.4 is 9.96 Å². The fourth-order valence-electron chi connectivity index (χ4n) is 4.43. The normalized spacial score (nSPS) is 13.6. The van der Waals surface area contributed by atoms with E-state index in [-0.39, 0.29) is 5.16 Å². The van der Waals surface area contributed by atoms with Gasteiger partial charge in [0.2, 0.25) is 0 Å². The second-order valence-corrected chi connectivity index (χ2v) is 14.4. The number of pyridine rings is 1. The molecular weight excluding hydrogens is 578 g/mol. The predicted octanol–water partition coefficient (Wildman–Crippen LogP) is 8.55. The first-order valence-corrected chi connectivity index (χ1v) is 14.9. The van der Waals surface area contributed by atoms with Crippen LogP contribution >= 0.6 is 29.9 Å². The van der Waals surface area contributed by atoms with Crippen LogP contribution in [0.15, 0.2) is 89.8 Å². The lowest BCUT2D eigenvalue weighted by molar-refractivity contribution is 0.562. The number of benzene rings is 3. The highest BCUT2D eigenvalue weighted by Crippen LogP contribution is 2.63. The Morgan fingerprint density at radius 2 is 1.69 bits per heavy atom. The lowest BCUT2D eigenvalue weighted by Gasteiger charge is -2.37. The van der Waals surface area contributed by atoms with E-state index in [9.17, 15) is 0 Å². The number of rotatable bonds is 6. The van der Waals surface area contributed by atoms with Crippen molar-refractivity contribution in [2.24, 2.45) is 4.74 Å². The monoisotopic (exact) mass is 608 g/mol. The maximum Gasteiger partial charge on any atom is 0.191 e. The molecule has 1 atom stereocenters. The molecule has 0 aliphatic rings. The van der Waals surface area contributed by atoms with E-state index in [1.807, 2.05) is 30.5 Å². The summed E-state index contributed by atoms with van der Waals surface area (Å²) in [5.41, 5.74) is 3.78. The average molecular weight is 608 g/mol. The second kappa shape index (κ2) is 9.98. The van der Waals surface area contributed by atoms with E-state index >= 15 is 0 Å². The molecule has 184 valence electrons. The van der Waals surface area contributed by atoms with Crippen molar-refractivity contribution in [1.82, 2.24) is 14.8 Å². The largest absolute Gasteiger partial charge is 0.451 e. The molecular formula is C29H30IN4OP. The van der Waals surface area contributed by atoms with Crippen molar-refractivity contribution in [3.63, 3.8) is 0 Å². The first-order valence-electron chi connectivity index (χ1n) is 12.2. The van der Waals surface area contributed by atoms with Gasteiger partial charge in [-0.1, -0.05) is 64.1 Å². The highest BCUT2D eigenvalue weighted by molar-refractivity contribution is 14.1. The van der Waals surface area contributed by atoms with Crippen molar-refractivity contribution in [1.29, 1.82) is 0 Å². The molecule has 5 rings (SSSR count). The van der Waals surface area contributed by atoms with E-state index in [0.717, 1.165) is 51.6 Å². The highest BCUT2D eigenvalue weighted by Gasteiger charge is 2.43. The van der Waals surface area contributed by atoms with Crippen LogP contribution in [0.2, 0.25) is 0 Å². The fourth-order valence-corrected chi connectivity index (χ4v) is 8.09. The number of halogens is 1. The molecule has 0 aliphatic carbocycles. The van der Waals surface area contributed by atoms with Gasteiger partial charge in [-0.2, -0.15) is 5.10 Å². The van der Waals surface area contributed by atoms with Crippen molar-refractivity contribution >= 4 is 62.8 Å². The minimum Gasteiger partial charge on any atom is -0.451 e. The molecule has 2 heterocycles. The van der Waals surface area contributed by atoms with Crippen molar-refractivity contribution in [3.8, 4) is 5.75 Å². The summed E-state index contributed by atoms with van der Waals surface area (Å²) < 4.78 is 16.1. The van der Waals surface area contributed by atoms with Crippen LogP contribution in [0.25, 0.3) is 21.8 Å². The number of fused-ring (bicyclic) bond motifs is 2. The predicted molar refractivity (Wildman–Crippen MR) is 160 cm³/mol. The Labute approximate surface area is 226 Å². The van der Waals surface area contributed by atoms with E-state index in [2.05, 4.69) is 110 Å².